The van der Waals surface area contributed by atoms with Crippen LogP contribution in [-0.2, 0) is 4.79 Å². The van der Waals surface area contributed by atoms with Gasteiger partial charge in [-0.3, -0.25) is 10.1 Å². The molecule has 0 bridgehead atoms. The van der Waals surface area contributed by atoms with Crippen LogP contribution in [0.1, 0.15) is 12.8 Å². The topological polar surface area (TPSA) is 87.2 Å². The average molecular weight is 462 g/mol. The smallest absolute Gasteiger partial charge is 0.312 e. The number of hydrogen-bond acceptors (Lipinski definition) is 5. The fraction of sp³-hybridized carbons (Fsp3) is 0.200. The minimum absolute atomic E-state index is 0.259. The molecule has 2 heterocycles. The Hall–Kier alpha value is -2.68. The summed E-state index contributed by atoms with van der Waals surface area (Å²) in [6.07, 6.45) is 1.28. The summed E-state index contributed by atoms with van der Waals surface area (Å²) in [6.45, 7) is 0.466. The highest BCUT2D eigenvalue weighted by Gasteiger charge is 2.35. The Bertz CT molecular complexity index is 1080. The molecule has 0 spiro atoms. The zero-order valence-electron chi connectivity index (χ0n) is 15.6. The summed E-state index contributed by atoms with van der Waals surface area (Å²) in [5.74, 6) is -0.296. The van der Waals surface area contributed by atoms with Gasteiger partial charge in [0.25, 0.3) is 0 Å². The van der Waals surface area contributed by atoms with Crippen LogP contribution < -0.4 is 10.6 Å². The van der Waals surface area contributed by atoms with E-state index in [1.54, 1.807) is 18.2 Å². The normalized spacial score (nSPS) is 15.8. The van der Waals surface area contributed by atoms with Crippen LogP contribution in [0.2, 0.25) is 10.0 Å². The lowest BCUT2D eigenvalue weighted by atomic mass is 10.2. The van der Waals surface area contributed by atoms with Gasteiger partial charge < -0.3 is 10.2 Å². The molecule has 1 saturated heterocycles. The fourth-order valence-corrected chi connectivity index (χ4v) is 4.33. The molecule has 0 aliphatic carbocycles. The van der Waals surface area contributed by atoms with Gasteiger partial charge in [-0.2, -0.15) is 0 Å². The minimum atomic E-state index is -0.605. The van der Waals surface area contributed by atoms with Crippen LogP contribution in [0.5, 0.6) is 0 Å². The Labute approximate surface area is 187 Å². The van der Waals surface area contributed by atoms with Gasteiger partial charge in [0.05, 0.1) is 15.7 Å². The molecule has 4 rings (SSSR count). The number of rotatable bonds is 4. The van der Waals surface area contributed by atoms with E-state index in [1.165, 1.54) is 16.2 Å². The SMILES string of the molecule is O=C(Nc1nnc(-c2ccccc2)s1)C1CCCN1C(=O)Nc1cccc(Cl)c1Cl. The third-order valence-electron chi connectivity index (χ3n) is 4.69. The summed E-state index contributed by atoms with van der Waals surface area (Å²) in [4.78, 5) is 27.0. The van der Waals surface area contributed by atoms with Gasteiger partial charge in [-0.25, -0.2) is 4.79 Å². The van der Waals surface area contributed by atoms with Crippen LogP contribution >= 0.6 is 34.5 Å². The molecule has 3 aromatic rings. The van der Waals surface area contributed by atoms with Crippen molar-refractivity contribution in [2.24, 2.45) is 0 Å². The Morgan fingerprint density at radius 1 is 1.03 bits per heavy atom. The molecule has 1 unspecified atom stereocenters. The molecule has 3 amide bonds. The van der Waals surface area contributed by atoms with Gasteiger partial charge in [-0.15, -0.1) is 10.2 Å². The van der Waals surface area contributed by atoms with Gasteiger partial charge in [0.1, 0.15) is 11.0 Å². The predicted octanol–water partition coefficient (Wildman–Crippen LogP) is 5.15. The predicted molar refractivity (Wildman–Crippen MR) is 119 cm³/mol. The number of halogens is 2. The van der Waals surface area contributed by atoms with Gasteiger partial charge in [0, 0.05) is 12.1 Å². The molecule has 0 saturated carbocycles. The van der Waals surface area contributed by atoms with Gasteiger partial charge in [0.2, 0.25) is 11.0 Å². The van der Waals surface area contributed by atoms with E-state index in [1.807, 2.05) is 30.3 Å². The van der Waals surface area contributed by atoms with E-state index < -0.39 is 12.1 Å². The number of carbonyl (C=O) groups excluding carboxylic acids is 2. The van der Waals surface area contributed by atoms with Gasteiger partial charge in [-0.05, 0) is 25.0 Å². The van der Waals surface area contributed by atoms with Crippen molar-refractivity contribution in [3.63, 3.8) is 0 Å². The maximum atomic E-state index is 12.8. The standard InChI is InChI=1S/C20H17Cl2N5O2S/c21-13-8-4-9-14(16(13)22)23-20(29)27-11-5-10-15(27)17(28)24-19-26-25-18(30-19)12-6-2-1-3-7-12/h1-4,6-9,15H,5,10-11H2,(H,23,29)(H,24,26,28). The third-order valence-corrected chi connectivity index (χ3v) is 6.39. The van der Waals surface area contributed by atoms with E-state index in [9.17, 15) is 9.59 Å². The quantitative estimate of drug-likeness (QED) is 0.562. The second-order valence-electron chi connectivity index (χ2n) is 6.65. The third kappa shape index (κ3) is 4.40. The lowest BCUT2D eigenvalue weighted by Crippen LogP contribution is -2.45. The molecule has 1 aromatic heterocycles. The number of carbonyl (C=O) groups is 2. The van der Waals surface area contributed by atoms with E-state index >= 15 is 0 Å². The highest BCUT2D eigenvalue weighted by atomic mass is 35.5. The molecular formula is C20H17Cl2N5O2S. The number of urea groups is 1. The first-order chi connectivity index (χ1) is 14.5. The fourth-order valence-electron chi connectivity index (χ4n) is 3.23. The molecule has 7 nitrogen and oxygen atoms in total. The molecule has 10 heteroatoms. The highest BCUT2D eigenvalue weighted by Crippen LogP contribution is 2.31. The number of anilines is 2. The molecule has 30 heavy (non-hydrogen) atoms. The summed E-state index contributed by atoms with van der Waals surface area (Å²) in [7, 11) is 0. The summed E-state index contributed by atoms with van der Waals surface area (Å²) in [5.41, 5.74) is 1.33. The van der Waals surface area contributed by atoms with E-state index in [0.717, 1.165) is 12.0 Å². The van der Waals surface area contributed by atoms with Crippen molar-refractivity contribution in [2.75, 3.05) is 17.2 Å². The lowest BCUT2D eigenvalue weighted by Gasteiger charge is -2.24. The van der Waals surface area contributed by atoms with Gasteiger partial charge >= 0.3 is 6.03 Å². The van der Waals surface area contributed by atoms with Crippen LogP contribution in [0.3, 0.4) is 0 Å². The Kier molecular flexibility index (Phi) is 6.17. The molecule has 1 atom stereocenters. The molecule has 1 aliphatic rings. The monoisotopic (exact) mass is 461 g/mol. The van der Waals surface area contributed by atoms with Crippen molar-refractivity contribution in [2.45, 2.75) is 18.9 Å². The molecule has 1 aliphatic heterocycles. The average Bonchev–Trinajstić information content (AvgIpc) is 3.42. The number of benzene rings is 2. The van der Waals surface area contributed by atoms with Crippen molar-refractivity contribution >= 4 is 57.3 Å². The second-order valence-corrected chi connectivity index (χ2v) is 8.41. The molecular weight excluding hydrogens is 445 g/mol. The summed E-state index contributed by atoms with van der Waals surface area (Å²) in [6, 6.07) is 13.6. The van der Waals surface area contributed by atoms with Crippen molar-refractivity contribution < 1.29 is 9.59 Å². The van der Waals surface area contributed by atoms with Crippen LogP contribution in [0, 0.1) is 0 Å². The first-order valence-electron chi connectivity index (χ1n) is 9.24. The van der Waals surface area contributed by atoms with Crippen molar-refractivity contribution in [3.05, 3.63) is 58.6 Å². The number of hydrogen-bond donors (Lipinski definition) is 2. The molecule has 2 aromatic carbocycles. The minimum Gasteiger partial charge on any atom is -0.312 e. The molecule has 0 radical (unpaired) electrons. The maximum absolute atomic E-state index is 12.8. The van der Waals surface area contributed by atoms with Crippen LogP contribution in [-0.4, -0.2) is 39.6 Å². The zero-order chi connectivity index (χ0) is 21.1. The zero-order valence-corrected chi connectivity index (χ0v) is 18.0. The lowest BCUT2D eigenvalue weighted by molar-refractivity contribution is -0.119. The Morgan fingerprint density at radius 3 is 2.63 bits per heavy atom. The number of nitrogens with zero attached hydrogens (tertiary/aromatic N) is 3. The van der Waals surface area contributed by atoms with Gasteiger partial charge in [-0.1, -0.05) is 70.9 Å². The number of likely N-dealkylation sites (tertiary alicyclic amines) is 1. The van der Waals surface area contributed by atoms with E-state index in [0.29, 0.717) is 33.8 Å². The highest BCUT2D eigenvalue weighted by molar-refractivity contribution is 7.18. The molecule has 1 fully saturated rings. The number of nitrogens with one attached hydrogen (secondary N) is 2. The van der Waals surface area contributed by atoms with E-state index in [4.69, 9.17) is 23.2 Å². The number of amides is 3. The summed E-state index contributed by atoms with van der Waals surface area (Å²) < 4.78 is 0. The Balaban J connectivity index is 1.43. The van der Waals surface area contributed by atoms with Gasteiger partial charge in [0.15, 0.2) is 0 Å². The maximum Gasteiger partial charge on any atom is 0.322 e. The largest absolute Gasteiger partial charge is 0.322 e. The van der Waals surface area contributed by atoms with Crippen molar-refractivity contribution in [1.29, 1.82) is 0 Å². The second kappa shape index (κ2) is 8.99. The van der Waals surface area contributed by atoms with E-state index in [2.05, 4.69) is 20.8 Å². The Morgan fingerprint density at radius 2 is 1.83 bits per heavy atom. The van der Waals surface area contributed by atoms with Crippen molar-refractivity contribution in [1.82, 2.24) is 15.1 Å². The van der Waals surface area contributed by atoms with E-state index in [-0.39, 0.29) is 10.9 Å². The van der Waals surface area contributed by atoms with Crippen LogP contribution in [0.15, 0.2) is 48.5 Å². The molecule has 154 valence electrons. The first-order valence-corrected chi connectivity index (χ1v) is 10.8. The van der Waals surface area contributed by atoms with Crippen LogP contribution in [0.25, 0.3) is 10.6 Å². The van der Waals surface area contributed by atoms with Crippen LogP contribution in [0.4, 0.5) is 15.6 Å². The number of aromatic nitrogens is 2. The summed E-state index contributed by atoms with van der Waals surface area (Å²) in [5, 5.41) is 15.4. The molecule has 2 N–H and O–H groups in total. The first kappa shape index (κ1) is 20.6. The summed E-state index contributed by atoms with van der Waals surface area (Å²) >= 11 is 13.4. The van der Waals surface area contributed by atoms with Crippen molar-refractivity contribution in [3.8, 4) is 10.6 Å².